The SMILES string of the molecule is CC1=CC(C)=N/C1=C(/c1ccccc1)c1c(C)c(C=O)c(C)n1B(F)F. The second-order valence-corrected chi connectivity index (χ2v) is 6.41. The molecule has 0 saturated carbocycles. The van der Waals surface area contributed by atoms with E-state index in [0.717, 1.165) is 21.3 Å². The zero-order valence-corrected chi connectivity index (χ0v) is 15.2. The molecule has 0 saturated heterocycles. The maximum Gasteiger partial charge on any atom is 0.677 e. The van der Waals surface area contributed by atoms with Gasteiger partial charge in [0.15, 0.2) is 6.29 Å². The molecule has 0 N–H and O–H groups in total. The Bertz CT molecular complexity index is 969. The van der Waals surface area contributed by atoms with E-state index in [1.54, 1.807) is 13.8 Å². The first kappa shape index (κ1) is 18.0. The second-order valence-electron chi connectivity index (χ2n) is 6.41. The predicted molar refractivity (Wildman–Crippen MR) is 102 cm³/mol. The Morgan fingerprint density at radius 1 is 1.12 bits per heavy atom. The molecule has 2 aromatic rings. The number of hydrogen-bond donors (Lipinski definition) is 0. The number of nitrogens with zero attached hydrogens (tertiary/aromatic N) is 2. The lowest BCUT2D eigenvalue weighted by Gasteiger charge is -2.16. The zero-order chi connectivity index (χ0) is 19.0. The van der Waals surface area contributed by atoms with Gasteiger partial charge in [0.2, 0.25) is 0 Å². The number of aliphatic imine (C=N–C) groups is 1. The molecule has 2 heterocycles. The average Bonchev–Trinajstić information content (AvgIpc) is 3.05. The van der Waals surface area contributed by atoms with Crippen molar-refractivity contribution in [3.63, 3.8) is 0 Å². The lowest BCUT2D eigenvalue weighted by Crippen LogP contribution is -2.18. The average molecular weight is 352 g/mol. The highest BCUT2D eigenvalue weighted by atomic mass is 19.2. The number of carbonyl (C=O) groups excluding carboxylic acids is 1. The molecule has 0 atom stereocenters. The summed E-state index contributed by atoms with van der Waals surface area (Å²) >= 11 is 0. The summed E-state index contributed by atoms with van der Waals surface area (Å²) in [6.45, 7) is 7.04. The van der Waals surface area contributed by atoms with E-state index in [-0.39, 0.29) is 5.69 Å². The number of hydrogen-bond acceptors (Lipinski definition) is 2. The molecular formula is C20H19BF2N2O. The Labute approximate surface area is 152 Å². The van der Waals surface area contributed by atoms with Crippen molar-refractivity contribution in [3.05, 3.63) is 75.8 Å². The van der Waals surface area contributed by atoms with E-state index in [9.17, 15) is 13.4 Å². The number of rotatable bonds is 4. The van der Waals surface area contributed by atoms with Gasteiger partial charge < -0.3 is 4.48 Å². The smallest absolute Gasteiger partial charge is 0.328 e. The lowest BCUT2D eigenvalue weighted by molar-refractivity contribution is 0.112. The zero-order valence-electron chi connectivity index (χ0n) is 15.2. The van der Waals surface area contributed by atoms with Gasteiger partial charge in [0.1, 0.15) is 0 Å². The third kappa shape index (κ3) is 2.85. The van der Waals surface area contributed by atoms with Crippen LogP contribution in [0.5, 0.6) is 0 Å². The van der Waals surface area contributed by atoms with E-state index in [1.165, 1.54) is 0 Å². The minimum atomic E-state index is -2.76. The largest absolute Gasteiger partial charge is 0.677 e. The molecule has 6 heteroatoms. The van der Waals surface area contributed by atoms with Gasteiger partial charge >= 0.3 is 7.40 Å². The van der Waals surface area contributed by atoms with Crippen molar-refractivity contribution in [1.29, 1.82) is 0 Å². The Morgan fingerprint density at radius 3 is 2.27 bits per heavy atom. The van der Waals surface area contributed by atoms with Gasteiger partial charge in [-0.1, -0.05) is 30.3 Å². The minimum absolute atomic E-state index is 0.261. The molecule has 0 fully saturated rings. The molecule has 0 unspecified atom stereocenters. The van der Waals surface area contributed by atoms with Gasteiger partial charge in [0, 0.05) is 28.2 Å². The van der Waals surface area contributed by atoms with Crippen molar-refractivity contribution in [1.82, 2.24) is 4.48 Å². The number of aromatic nitrogens is 1. The molecule has 3 rings (SSSR count). The van der Waals surface area contributed by atoms with E-state index >= 15 is 0 Å². The van der Waals surface area contributed by atoms with E-state index in [0.29, 0.717) is 34.4 Å². The Balaban J connectivity index is 2.46. The fraction of sp³-hybridized carbons (Fsp3) is 0.200. The molecule has 0 radical (unpaired) electrons. The number of allylic oxidation sites excluding steroid dienone is 2. The summed E-state index contributed by atoms with van der Waals surface area (Å²) in [5.41, 5.74) is 5.24. The molecule has 0 spiro atoms. The van der Waals surface area contributed by atoms with Crippen LogP contribution >= 0.6 is 0 Å². The lowest BCUT2D eigenvalue weighted by atomic mass is 9.94. The van der Waals surface area contributed by atoms with Crippen molar-refractivity contribution in [2.45, 2.75) is 27.7 Å². The van der Waals surface area contributed by atoms with Crippen LogP contribution in [0.4, 0.5) is 8.63 Å². The van der Waals surface area contributed by atoms with Crippen LogP contribution in [0.15, 0.2) is 52.7 Å². The highest BCUT2D eigenvalue weighted by Gasteiger charge is 2.31. The van der Waals surface area contributed by atoms with Gasteiger partial charge in [-0.2, -0.15) is 0 Å². The van der Waals surface area contributed by atoms with Gasteiger partial charge in [-0.3, -0.25) is 18.4 Å². The van der Waals surface area contributed by atoms with Crippen molar-refractivity contribution in [3.8, 4) is 0 Å². The summed E-state index contributed by atoms with van der Waals surface area (Å²) in [6, 6.07) is 9.34. The third-order valence-corrected chi connectivity index (χ3v) is 4.69. The summed E-state index contributed by atoms with van der Waals surface area (Å²) in [6.07, 6.45) is 2.57. The minimum Gasteiger partial charge on any atom is -0.328 e. The van der Waals surface area contributed by atoms with Gasteiger partial charge in [-0.05, 0) is 50.5 Å². The fourth-order valence-electron chi connectivity index (χ4n) is 3.52. The van der Waals surface area contributed by atoms with Gasteiger partial charge in [0.05, 0.1) is 5.70 Å². The summed E-state index contributed by atoms with van der Waals surface area (Å²) < 4.78 is 28.8. The van der Waals surface area contributed by atoms with E-state index in [4.69, 9.17) is 0 Å². The summed E-state index contributed by atoms with van der Waals surface area (Å²) in [5.74, 6) is 0. The van der Waals surface area contributed by atoms with Crippen LogP contribution in [-0.2, 0) is 0 Å². The highest BCUT2D eigenvalue weighted by molar-refractivity contribution is 6.42. The van der Waals surface area contributed by atoms with E-state index in [2.05, 4.69) is 4.99 Å². The summed E-state index contributed by atoms with van der Waals surface area (Å²) in [7, 11) is -2.76. The molecular weight excluding hydrogens is 333 g/mol. The first-order valence-corrected chi connectivity index (χ1v) is 8.35. The van der Waals surface area contributed by atoms with Crippen LogP contribution in [0.3, 0.4) is 0 Å². The summed E-state index contributed by atoms with van der Waals surface area (Å²) in [5, 5.41) is 0. The monoisotopic (exact) mass is 352 g/mol. The maximum atomic E-state index is 13.9. The molecule has 1 aromatic carbocycles. The topological polar surface area (TPSA) is 34.4 Å². The van der Waals surface area contributed by atoms with Gasteiger partial charge in [-0.15, -0.1) is 0 Å². The first-order valence-electron chi connectivity index (χ1n) is 8.35. The normalized spacial score (nSPS) is 15.6. The van der Waals surface area contributed by atoms with Crippen LogP contribution in [0.1, 0.15) is 46.7 Å². The highest BCUT2D eigenvalue weighted by Crippen LogP contribution is 2.38. The van der Waals surface area contributed by atoms with Crippen LogP contribution in [0.2, 0.25) is 0 Å². The Hall–Kier alpha value is -2.76. The second kappa shape index (κ2) is 6.86. The molecule has 1 aliphatic rings. The molecule has 1 aliphatic heterocycles. The van der Waals surface area contributed by atoms with Crippen molar-refractivity contribution in [2.75, 3.05) is 0 Å². The number of carbonyl (C=O) groups is 1. The maximum absolute atomic E-state index is 13.9. The van der Waals surface area contributed by atoms with Crippen LogP contribution in [0.25, 0.3) is 5.57 Å². The van der Waals surface area contributed by atoms with Crippen molar-refractivity contribution >= 4 is 25.0 Å². The Kier molecular flexibility index (Phi) is 4.76. The van der Waals surface area contributed by atoms with Gasteiger partial charge in [-0.25, -0.2) is 0 Å². The molecule has 0 aliphatic carbocycles. The quantitative estimate of drug-likeness (QED) is 0.571. The third-order valence-electron chi connectivity index (χ3n) is 4.69. The van der Waals surface area contributed by atoms with Crippen LogP contribution in [0, 0.1) is 13.8 Å². The standard InChI is InChI=1S/C20H19BF2N2O/c1-12-10-13(2)24-19(12)18(16-8-6-5-7-9-16)20-14(3)17(11-26)15(4)25(20)21(22)23/h5-11H,1-4H3/b19-18-. The summed E-state index contributed by atoms with van der Waals surface area (Å²) in [4.78, 5) is 16.1. The van der Waals surface area contributed by atoms with Crippen LogP contribution < -0.4 is 0 Å². The number of benzene rings is 1. The predicted octanol–water partition coefficient (Wildman–Crippen LogP) is 4.87. The molecule has 132 valence electrons. The molecule has 3 nitrogen and oxygen atoms in total. The fourth-order valence-corrected chi connectivity index (χ4v) is 3.52. The number of aldehydes is 1. The van der Waals surface area contributed by atoms with Gasteiger partial charge in [0.25, 0.3) is 0 Å². The van der Waals surface area contributed by atoms with E-state index < -0.39 is 7.40 Å². The Morgan fingerprint density at radius 2 is 1.77 bits per heavy atom. The molecule has 26 heavy (non-hydrogen) atoms. The molecule has 0 bridgehead atoms. The number of halogens is 2. The molecule has 1 aromatic heterocycles. The van der Waals surface area contributed by atoms with Crippen molar-refractivity contribution < 1.29 is 13.4 Å². The van der Waals surface area contributed by atoms with Crippen LogP contribution in [-0.4, -0.2) is 23.9 Å². The van der Waals surface area contributed by atoms with E-state index in [1.807, 2.05) is 50.3 Å². The first-order chi connectivity index (χ1) is 12.4. The molecule has 0 amide bonds. The van der Waals surface area contributed by atoms with Crippen molar-refractivity contribution in [2.24, 2.45) is 4.99 Å².